The Hall–Kier alpha value is -3.88. The molecule has 0 aliphatic carbocycles. The van der Waals surface area contributed by atoms with Gasteiger partial charge in [-0.05, 0) is 55.0 Å². The molecule has 238 valence electrons. The lowest BCUT2D eigenvalue weighted by Crippen LogP contribution is -2.39. The highest BCUT2D eigenvalue weighted by molar-refractivity contribution is 7.90. The molecule has 4 aromatic rings. The van der Waals surface area contributed by atoms with Crippen LogP contribution in [-0.4, -0.2) is 74.7 Å². The maximum absolute atomic E-state index is 13.6. The molecule has 0 radical (unpaired) electrons. The van der Waals surface area contributed by atoms with E-state index in [0.717, 1.165) is 19.2 Å². The van der Waals surface area contributed by atoms with E-state index in [9.17, 15) is 23.3 Å². The first-order valence-electron chi connectivity index (χ1n) is 14.1. The summed E-state index contributed by atoms with van der Waals surface area (Å²) in [6.45, 7) is 5.82. The zero-order valence-corrected chi connectivity index (χ0v) is 26.6. The molecule has 1 aliphatic rings. The van der Waals surface area contributed by atoms with Gasteiger partial charge in [-0.1, -0.05) is 35.3 Å². The summed E-state index contributed by atoms with van der Waals surface area (Å²) >= 11 is 12.4. The molecular formula is C30H31Cl2N5O7S. The SMILES string of the molecule is Cc1c(C(=O)NS(=O)(=O)c2ccc(NCCN3CCOCC3)c([N+](=O)[O-])c2)n(CCOc2ccccc2Cl)c2ccc(Cl)cc12. The second kappa shape index (κ2) is 14.0. The summed E-state index contributed by atoms with van der Waals surface area (Å²) in [5.74, 6) is -0.447. The average molecular weight is 677 g/mol. The van der Waals surface area contributed by atoms with Crippen LogP contribution in [0.25, 0.3) is 10.9 Å². The second-order valence-electron chi connectivity index (χ2n) is 10.3. The highest BCUT2D eigenvalue weighted by atomic mass is 35.5. The van der Waals surface area contributed by atoms with Gasteiger partial charge in [-0.25, -0.2) is 13.1 Å². The molecule has 0 spiro atoms. The highest BCUT2D eigenvalue weighted by Gasteiger charge is 2.27. The Kier molecular flexibility index (Phi) is 10.1. The maximum atomic E-state index is 13.6. The van der Waals surface area contributed by atoms with Gasteiger partial charge in [0.1, 0.15) is 23.7 Å². The number of carbonyl (C=O) groups is 1. The number of halogens is 2. The van der Waals surface area contributed by atoms with Crippen LogP contribution in [0.1, 0.15) is 16.1 Å². The van der Waals surface area contributed by atoms with Gasteiger partial charge in [-0.15, -0.1) is 0 Å². The smallest absolute Gasteiger partial charge is 0.293 e. The van der Waals surface area contributed by atoms with E-state index in [4.69, 9.17) is 32.7 Å². The lowest BCUT2D eigenvalue weighted by molar-refractivity contribution is -0.384. The third kappa shape index (κ3) is 7.51. The van der Waals surface area contributed by atoms with Crippen molar-refractivity contribution in [3.63, 3.8) is 0 Å². The Morgan fingerprint density at radius 3 is 2.56 bits per heavy atom. The predicted octanol–water partition coefficient (Wildman–Crippen LogP) is 5.11. The molecule has 2 N–H and O–H groups in total. The molecule has 0 atom stereocenters. The van der Waals surface area contributed by atoms with Gasteiger partial charge in [0, 0.05) is 48.2 Å². The number of aryl methyl sites for hydroxylation is 1. The molecule has 12 nitrogen and oxygen atoms in total. The van der Waals surface area contributed by atoms with E-state index in [1.807, 2.05) is 0 Å². The highest BCUT2D eigenvalue weighted by Crippen LogP contribution is 2.31. The van der Waals surface area contributed by atoms with Crippen LogP contribution in [0.5, 0.6) is 5.75 Å². The number of nitrogens with zero attached hydrogens (tertiary/aromatic N) is 3. The number of carbonyl (C=O) groups excluding carboxylic acids is 1. The number of rotatable bonds is 12. The van der Waals surface area contributed by atoms with Gasteiger partial charge < -0.3 is 19.4 Å². The molecule has 45 heavy (non-hydrogen) atoms. The molecule has 1 saturated heterocycles. The van der Waals surface area contributed by atoms with Crippen LogP contribution in [0.15, 0.2) is 65.6 Å². The van der Waals surface area contributed by atoms with Crippen LogP contribution in [0.4, 0.5) is 11.4 Å². The van der Waals surface area contributed by atoms with Crippen molar-refractivity contribution in [3.8, 4) is 5.75 Å². The topological polar surface area (TPSA) is 145 Å². The number of para-hydroxylation sites is 1. The number of nitrogens with one attached hydrogen (secondary N) is 2. The summed E-state index contributed by atoms with van der Waals surface area (Å²) in [5, 5.41) is 16.4. The minimum Gasteiger partial charge on any atom is -0.490 e. The minimum atomic E-state index is -4.51. The first kappa shape index (κ1) is 32.5. The van der Waals surface area contributed by atoms with Gasteiger partial charge in [0.2, 0.25) is 0 Å². The fourth-order valence-electron chi connectivity index (χ4n) is 5.21. The zero-order chi connectivity index (χ0) is 32.1. The summed E-state index contributed by atoms with van der Waals surface area (Å²) in [5.41, 5.74) is 0.970. The largest absolute Gasteiger partial charge is 0.490 e. The Balaban J connectivity index is 1.37. The van der Waals surface area contributed by atoms with E-state index in [1.165, 1.54) is 12.1 Å². The number of hydrogen-bond donors (Lipinski definition) is 2. The Bertz CT molecular complexity index is 1840. The van der Waals surface area contributed by atoms with Gasteiger partial charge in [0.15, 0.2) is 0 Å². The van der Waals surface area contributed by atoms with Crippen LogP contribution in [0.2, 0.25) is 10.0 Å². The molecule has 0 bridgehead atoms. The van der Waals surface area contributed by atoms with Crippen LogP contribution < -0.4 is 14.8 Å². The number of benzene rings is 3. The monoisotopic (exact) mass is 675 g/mol. The number of anilines is 1. The third-order valence-electron chi connectivity index (χ3n) is 7.45. The fraction of sp³-hybridized carbons (Fsp3) is 0.300. The van der Waals surface area contributed by atoms with Gasteiger partial charge in [-0.2, -0.15) is 0 Å². The van der Waals surface area contributed by atoms with Crippen molar-refractivity contribution in [3.05, 3.63) is 92.1 Å². The molecule has 15 heteroatoms. The number of ether oxygens (including phenoxy) is 2. The summed E-state index contributed by atoms with van der Waals surface area (Å²) < 4.78 is 41.7. The number of aromatic nitrogens is 1. The number of nitro benzene ring substituents is 1. The Labute approximate surface area is 270 Å². The van der Waals surface area contributed by atoms with Crippen molar-refractivity contribution in [1.29, 1.82) is 0 Å². The molecule has 1 aliphatic heterocycles. The van der Waals surface area contributed by atoms with Gasteiger partial charge in [0.05, 0.1) is 34.6 Å². The van der Waals surface area contributed by atoms with Gasteiger partial charge >= 0.3 is 0 Å². The number of morpholine rings is 1. The molecule has 2 heterocycles. The van der Waals surface area contributed by atoms with Crippen molar-refractivity contribution in [2.45, 2.75) is 18.4 Å². The molecular weight excluding hydrogens is 645 g/mol. The van der Waals surface area contributed by atoms with Crippen molar-refractivity contribution < 1.29 is 27.6 Å². The van der Waals surface area contributed by atoms with Crippen molar-refractivity contribution in [2.75, 3.05) is 51.3 Å². The maximum Gasteiger partial charge on any atom is 0.293 e. The summed E-state index contributed by atoms with van der Waals surface area (Å²) in [4.78, 5) is 26.6. The quantitative estimate of drug-likeness (QED) is 0.155. The van der Waals surface area contributed by atoms with E-state index in [-0.39, 0.29) is 24.5 Å². The standard InChI is InChI=1S/C30H31Cl2N5O7S/c1-20-23-18-21(31)6-9-26(23)36(14-17-44-28-5-3-2-4-24(28)32)29(20)30(38)34-45(41,42)22-7-8-25(27(19-22)37(39)40)33-10-11-35-12-15-43-16-13-35/h2-9,18-19,33H,10-17H2,1H3,(H,34,38). The predicted molar refractivity (Wildman–Crippen MR) is 172 cm³/mol. The van der Waals surface area contributed by atoms with Gasteiger partial charge in [-0.3, -0.25) is 19.8 Å². The lowest BCUT2D eigenvalue weighted by atomic mass is 10.1. The lowest BCUT2D eigenvalue weighted by Gasteiger charge is -2.26. The van der Waals surface area contributed by atoms with E-state index in [2.05, 4.69) is 14.9 Å². The van der Waals surface area contributed by atoms with E-state index < -0.39 is 31.4 Å². The van der Waals surface area contributed by atoms with Crippen LogP contribution in [0, 0.1) is 17.0 Å². The summed E-state index contributed by atoms with van der Waals surface area (Å²) in [6, 6.07) is 15.5. The molecule has 1 fully saturated rings. The first-order chi connectivity index (χ1) is 21.5. The molecule has 5 rings (SSSR count). The second-order valence-corrected chi connectivity index (χ2v) is 12.8. The average Bonchev–Trinajstić information content (AvgIpc) is 3.28. The number of sulfonamides is 1. The molecule has 0 unspecified atom stereocenters. The van der Waals surface area contributed by atoms with Crippen LogP contribution in [-0.2, 0) is 21.3 Å². The normalized spacial score (nSPS) is 13.9. The van der Waals surface area contributed by atoms with E-state index in [1.54, 1.807) is 54.0 Å². The minimum absolute atomic E-state index is 0.0782. The molecule has 3 aromatic carbocycles. The number of hydrogen-bond acceptors (Lipinski definition) is 9. The molecule has 1 amide bonds. The van der Waals surface area contributed by atoms with Crippen molar-refractivity contribution >= 4 is 61.4 Å². The van der Waals surface area contributed by atoms with Crippen LogP contribution >= 0.6 is 23.2 Å². The summed E-state index contributed by atoms with van der Waals surface area (Å²) in [6.07, 6.45) is 0. The Morgan fingerprint density at radius 1 is 1.07 bits per heavy atom. The molecule has 1 aromatic heterocycles. The number of amides is 1. The van der Waals surface area contributed by atoms with Crippen molar-refractivity contribution in [1.82, 2.24) is 14.2 Å². The number of nitro groups is 1. The third-order valence-corrected chi connectivity index (χ3v) is 9.33. The molecule has 0 saturated carbocycles. The fourth-order valence-corrected chi connectivity index (χ4v) is 6.55. The first-order valence-corrected chi connectivity index (χ1v) is 16.3. The number of fused-ring (bicyclic) bond motifs is 1. The Morgan fingerprint density at radius 2 is 1.82 bits per heavy atom. The van der Waals surface area contributed by atoms with E-state index >= 15 is 0 Å². The van der Waals surface area contributed by atoms with Gasteiger partial charge in [0.25, 0.3) is 21.6 Å². The van der Waals surface area contributed by atoms with Crippen LogP contribution in [0.3, 0.4) is 0 Å². The summed E-state index contributed by atoms with van der Waals surface area (Å²) in [7, 11) is -4.51. The van der Waals surface area contributed by atoms with E-state index in [0.29, 0.717) is 58.6 Å². The zero-order valence-electron chi connectivity index (χ0n) is 24.3. The van der Waals surface area contributed by atoms with Crippen molar-refractivity contribution in [2.24, 2.45) is 0 Å².